The maximum absolute atomic E-state index is 12.2. The fourth-order valence-electron chi connectivity index (χ4n) is 2.21. The second-order valence-corrected chi connectivity index (χ2v) is 5.04. The Morgan fingerprint density at radius 1 is 1.43 bits per heavy atom. The highest BCUT2D eigenvalue weighted by atomic mass is 16.5. The van der Waals surface area contributed by atoms with Gasteiger partial charge < -0.3 is 25.3 Å². The summed E-state index contributed by atoms with van der Waals surface area (Å²) < 4.78 is 16.2. The first-order valence-corrected chi connectivity index (χ1v) is 7.07. The zero-order valence-electron chi connectivity index (χ0n) is 12.4. The summed E-state index contributed by atoms with van der Waals surface area (Å²) in [6, 6.07) is 5.09. The van der Waals surface area contributed by atoms with E-state index in [-0.39, 0.29) is 12.0 Å². The lowest BCUT2D eigenvalue weighted by Gasteiger charge is -2.25. The zero-order chi connectivity index (χ0) is 15.2. The molecule has 1 amide bonds. The summed E-state index contributed by atoms with van der Waals surface area (Å²) >= 11 is 0. The van der Waals surface area contributed by atoms with E-state index >= 15 is 0 Å². The van der Waals surface area contributed by atoms with Crippen LogP contribution in [0.15, 0.2) is 18.2 Å². The molecule has 3 N–H and O–H groups in total. The third-order valence-corrected chi connectivity index (χ3v) is 3.42. The molecule has 1 aromatic rings. The Labute approximate surface area is 124 Å². The van der Waals surface area contributed by atoms with E-state index in [0.29, 0.717) is 30.3 Å². The zero-order valence-corrected chi connectivity index (χ0v) is 12.4. The summed E-state index contributed by atoms with van der Waals surface area (Å²) in [4.78, 5) is 12.2. The van der Waals surface area contributed by atoms with Crippen molar-refractivity contribution in [3.8, 4) is 5.75 Å². The van der Waals surface area contributed by atoms with Gasteiger partial charge in [0.1, 0.15) is 11.9 Å². The molecule has 1 saturated heterocycles. The van der Waals surface area contributed by atoms with Crippen LogP contribution in [0.5, 0.6) is 5.75 Å². The quantitative estimate of drug-likeness (QED) is 0.809. The van der Waals surface area contributed by atoms with Gasteiger partial charge in [0.2, 0.25) is 0 Å². The third kappa shape index (κ3) is 4.34. The van der Waals surface area contributed by atoms with Gasteiger partial charge in [-0.05, 0) is 31.9 Å². The number of rotatable bonds is 5. The number of amides is 1. The Hall–Kier alpha value is -1.79. The van der Waals surface area contributed by atoms with E-state index in [2.05, 4.69) is 5.32 Å². The normalized spacial score (nSPS) is 17.2. The molecule has 6 heteroatoms. The van der Waals surface area contributed by atoms with Crippen molar-refractivity contribution >= 4 is 17.3 Å². The van der Waals surface area contributed by atoms with Crippen LogP contribution in [0.1, 0.15) is 19.8 Å². The highest BCUT2D eigenvalue weighted by Crippen LogP contribution is 2.27. The smallest absolute Gasteiger partial charge is 0.253 e. The van der Waals surface area contributed by atoms with Gasteiger partial charge in [0, 0.05) is 25.0 Å². The number of nitrogens with one attached hydrogen (secondary N) is 1. The number of nitrogen functional groups attached to an aromatic ring is 1. The SMILES string of the molecule is COc1cc(N)ccc1NC(=O)C(C)OC1CCOCC1. The van der Waals surface area contributed by atoms with Crippen LogP contribution in [0.25, 0.3) is 0 Å². The Balaban J connectivity index is 1.93. The number of hydrogen-bond acceptors (Lipinski definition) is 5. The Bertz CT molecular complexity index is 487. The molecular formula is C15H22N2O4. The summed E-state index contributed by atoms with van der Waals surface area (Å²) in [6.45, 7) is 3.12. The molecule has 0 aliphatic carbocycles. The molecule has 1 aliphatic heterocycles. The van der Waals surface area contributed by atoms with Gasteiger partial charge >= 0.3 is 0 Å². The molecule has 0 spiro atoms. The van der Waals surface area contributed by atoms with Crippen molar-refractivity contribution in [1.82, 2.24) is 0 Å². The van der Waals surface area contributed by atoms with Crippen molar-refractivity contribution in [3.63, 3.8) is 0 Å². The fraction of sp³-hybridized carbons (Fsp3) is 0.533. The number of anilines is 2. The number of carbonyl (C=O) groups excluding carboxylic acids is 1. The molecule has 0 bridgehead atoms. The van der Waals surface area contributed by atoms with Crippen molar-refractivity contribution in [3.05, 3.63) is 18.2 Å². The van der Waals surface area contributed by atoms with Gasteiger partial charge in [-0.2, -0.15) is 0 Å². The lowest BCUT2D eigenvalue weighted by Crippen LogP contribution is -2.34. The van der Waals surface area contributed by atoms with Crippen molar-refractivity contribution in [2.75, 3.05) is 31.4 Å². The van der Waals surface area contributed by atoms with E-state index in [9.17, 15) is 4.79 Å². The monoisotopic (exact) mass is 294 g/mol. The van der Waals surface area contributed by atoms with Gasteiger partial charge in [0.25, 0.3) is 5.91 Å². The van der Waals surface area contributed by atoms with Crippen LogP contribution >= 0.6 is 0 Å². The van der Waals surface area contributed by atoms with Crippen molar-refractivity contribution in [2.24, 2.45) is 0 Å². The minimum absolute atomic E-state index is 0.0767. The van der Waals surface area contributed by atoms with Crippen LogP contribution in [0.3, 0.4) is 0 Å². The van der Waals surface area contributed by atoms with Gasteiger partial charge in [-0.1, -0.05) is 0 Å². The standard InChI is InChI=1S/C15H22N2O4/c1-10(21-12-5-7-20-8-6-12)15(18)17-13-4-3-11(16)9-14(13)19-2/h3-4,9-10,12H,5-8,16H2,1-2H3,(H,17,18). The molecule has 1 aromatic carbocycles. The maximum atomic E-state index is 12.2. The van der Waals surface area contributed by atoms with Crippen LogP contribution in [-0.4, -0.2) is 38.4 Å². The first kappa shape index (κ1) is 15.6. The van der Waals surface area contributed by atoms with E-state index in [1.165, 1.54) is 7.11 Å². The highest BCUT2D eigenvalue weighted by molar-refractivity contribution is 5.95. The van der Waals surface area contributed by atoms with E-state index < -0.39 is 6.10 Å². The van der Waals surface area contributed by atoms with Crippen molar-refractivity contribution in [2.45, 2.75) is 32.0 Å². The summed E-state index contributed by atoms with van der Waals surface area (Å²) in [5.74, 6) is 0.325. The molecule has 0 radical (unpaired) electrons. The Kier molecular flexibility index (Phi) is 5.41. The molecule has 116 valence electrons. The summed E-state index contributed by atoms with van der Waals surface area (Å²) in [7, 11) is 1.53. The first-order valence-electron chi connectivity index (χ1n) is 7.07. The molecule has 1 fully saturated rings. The number of carbonyl (C=O) groups is 1. The van der Waals surface area contributed by atoms with E-state index in [1.807, 2.05) is 0 Å². The molecule has 21 heavy (non-hydrogen) atoms. The van der Waals surface area contributed by atoms with Gasteiger partial charge in [-0.25, -0.2) is 0 Å². The molecule has 1 heterocycles. The molecule has 1 aliphatic rings. The van der Waals surface area contributed by atoms with Gasteiger partial charge in [-0.15, -0.1) is 0 Å². The minimum Gasteiger partial charge on any atom is -0.494 e. The van der Waals surface area contributed by atoms with Gasteiger partial charge in [-0.3, -0.25) is 4.79 Å². The van der Waals surface area contributed by atoms with Crippen LogP contribution in [-0.2, 0) is 14.3 Å². The van der Waals surface area contributed by atoms with Crippen LogP contribution < -0.4 is 15.8 Å². The lowest BCUT2D eigenvalue weighted by molar-refractivity contribution is -0.133. The molecule has 2 rings (SSSR count). The molecule has 1 unspecified atom stereocenters. The van der Waals surface area contributed by atoms with Crippen LogP contribution in [0.2, 0.25) is 0 Å². The summed E-state index contributed by atoms with van der Waals surface area (Å²) in [6.07, 6.45) is 1.19. The highest BCUT2D eigenvalue weighted by Gasteiger charge is 2.22. The number of methoxy groups -OCH3 is 1. The molecule has 6 nitrogen and oxygen atoms in total. The van der Waals surface area contributed by atoms with E-state index in [0.717, 1.165) is 12.8 Å². The molecular weight excluding hydrogens is 272 g/mol. The third-order valence-electron chi connectivity index (χ3n) is 3.42. The average molecular weight is 294 g/mol. The lowest BCUT2D eigenvalue weighted by atomic mass is 10.1. The van der Waals surface area contributed by atoms with E-state index in [1.54, 1.807) is 25.1 Å². The largest absolute Gasteiger partial charge is 0.494 e. The second kappa shape index (κ2) is 7.28. The topological polar surface area (TPSA) is 82.8 Å². The molecule has 1 atom stereocenters. The Morgan fingerprint density at radius 2 is 2.14 bits per heavy atom. The fourth-order valence-corrected chi connectivity index (χ4v) is 2.21. The number of ether oxygens (including phenoxy) is 3. The van der Waals surface area contributed by atoms with Gasteiger partial charge in [0.15, 0.2) is 0 Å². The predicted molar refractivity (Wildman–Crippen MR) is 80.4 cm³/mol. The Morgan fingerprint density at radius 3 is 2.81 bits per heavy atom. The summed E-state index contributed by atoms with van der Waals surface area (Å²) in [5, 5.41) is 2.80. The predicted octanol–water partition coefficient (Wildman–Crippen LogP) is 1.80. The van der Waals surface area contributed by atoms with Crippen molar-refractivity contribution < 1.29 is 19.0 Å². The second-order valence-electron chi connectivity index (χ2n) is 5.04. The van der Waals surface area contributed by atoms with Gasteiger partial charge in [0.05, 0.1) is 18.9 Å². The van der Waals surface area contributed by atoms with E-state index in [4.69, 9.17) is 19.9 Å². The molecule has 0 aromatic heterocycles. The minimum atomic E-state index is -0.532. The summed E-state index contributed by atoms with van der Waals surface area (Å²) in [5.41, 5.74) is 6.85. The number of benzene rings is 1. The average Bonchev–Trinajstić information content (AvgIpc) is 2.49. The van der Waals surface area contributed by atoms with Crippen molar-refractivity contribution in [1.29, 1.82) is 0 Å². The van der Waals surface area contributed by atoms with Crippen LogP contribution in [0.4, 0.5) is 11.4 Å². The number of nitrogens with two attached hydrogens (primary N) is 1. The maximum Gasteiger partial charge on any atom is 0.253 e. The molecule has 0 saturated carbocycles. The number of hydrogen-bond donors (Lipinski definition) is 2. The van der Waals surface area contributed by atoms with Crippen LogP contribution in [0, 0.1) is 0 Å². The first-order chi connectivity index (χ1) is 10.1.